The van der Waals surface area contributed by atoms with Crippen LogP contribution in [0.15, 0.2) is 83.8 Å². The van der Waals surface area contributed by atoms with Gasteiger partial charge in [-0.1, -0.05) is 29.8 Å². The number of halogens is 2. The van der Waals surface area contributed by atoms with Crippen LogP contribution in [0.2, 0.25) is 5.02 Å². The second-order valence-electron chi connectivity index (χ2n) is 9.96. The Labute approximate surface area is 230 Å². The lowest BCUT2D eigenvalue weighted by Gasteiger charge is -2.38. The Balaban J connectivity index is 1.49. The predicted molar refractivity (Wildman–Crippen MR) is 154 cm³/mol. The van der Waals surface area contributed by atoms with Gasteiger partial charge in [0.25, 0.3) is 5.56 Å². The topological polar surface area (TPSA) is 59.2 Å². The number of nitrogens with zero attached hydrogens (tertiary/aromatic N) is 6. The van der Waals surface area contributed by atoms with Crippen LogP contribution in [0.1, 0.15) is 13.8 Å². The second-order valence-corrected chi connectivity index (χ2v) is 10.4. The fourth-order valence-corrected chi connectivity index (χ4v) is 5.26. The molecule has 5 aromatic rings. The minimum Gasteiger partial charge on any atom is -0.367 e. The average Bonchev–Trinajstić information content (AvgIpc) is 3.39. The zero-order valence-corrected chi connectivity index (χ0v) is 22.5. The fourth-order valence-electron chi connectivity index (χ4n) is 5.13. The molecule has 1 aliphatic rings. The molecule has 39 heavy (non-hydrogen) atoms. The number of fused-ring (bicyclic) bond motifs is 1. The summed E-state index contributed by atoms with van der Waals surface area (Å²) in [5.74, 6) is -0.0263. The molecule has 198 valence electrons. The third-order valence-corrected chi connectivity index (χ3v) is 7.53. The summed E-state index contributed by atoms with van der Waals surface area (Å²) in [7, 11) is 0. The molecular weight excluding hydrogens is 515 g/mol. The summed E-state index contributed by atoms with van der Waals surface area (Å²) in [5.41, 5.74) is 2.51. The number of benzene rings is 3. The zero-order chi connectivity index (χ0) is 27.1. The van der Waals surface area contributed by atoms with Crippen LogP contribution in [-0.4, -0.2) is 56.5 Å². The van der Waals surface area contributed by atoms with Crippen molar-refractivity contribution in [2.24, 2.45) is 0 Å². The highest BCUT2D eigenvalue weighted by molar-refractivity contribution is 6.30. The summed E-state index contributed by atoms with van der Waals surface area (Å²) in [4.78, 5) is 23.2. The molecule has 0 amide bonds. The van der Waals surface area contributed by atoms with Crippen LogP contribution in [0, 0.1) is 5.82 Å². The molecule has 3 aromatic carbocycles. The van der Waals surface area contributed by atoms with Gasteiger partial charge in [0.1, 0.15) is 17.0 Å². The Morgan fingerprint density at radius 3 is 2.28 bits per heavy atom. The van der Waals surface area contributed by atoms with E-state index in [0.717, 1.165) is 31.9 Å². The summed E-state index contributed by atoms with van der Waals surface area (Å²) in [6, 6.07) is 22.0. The molecule has 0 atom stereocenters. The van der Waals surface area contributed by atoms with Gasteiger partial charge in [0, 0.05) is 42.8 Å². The molecule has 7 nitrogen and oxygen atoms in total. The van der Waals surface area contributed by atoms with Gasteiger partial charge in [0.05, 0.1) is 23.3 Å². The van der Waals surface area contributed by atoms with Gasteiger partial charge < -0.3 is 4.90 Å². The van der Waals surface area contributed by atoms with Crippen molar-refractivity contribution in [2.75, 3.05) is 31.1 Å². The van der Waals surface area contributed by atoms with E-state index in [-0.39, 0.29) is 11.4 Å². The van der Waals surface area contributed by atoms with E-state index in [1.54, 1.807) is 35.0 Å². The van der Waals surface area contributed by atoms with Crippen LogP contribution in [0.25, 0.3) is 33.8 Å². The molecule has 0 radical (unpaired) electrons. The molecule has 0 spiro atoms. The Kier molecular flexibility index (Phi) is 6.66. The normalized spacial score (nSPS) is 14.4. The number of rotatable bonds is 5. The Morgan fingerprint density at radius 2 is 1.62 bits per heavy atom. The van der Waals surface area contributed by atoms with Crippen molar-refractivity contribution < 1.29 is 4.39 Å². The first-order valence-electron chi connectivity index (χ1n) is 13.0. The molecule has 2 aromatic heterocycles. The van der Waals surface area contributed by atoms with E-state index >= 15 is 4.39 Å². The summed E-state index contributed by atoms with van der Waals surface area (Å²) in [5, 5.41) is 5.36. The third-order valence-electron chi connectivity index (χ3n) is 7.28. The summed E-state index contributed by atoms with van der Waals surface area (Å²) in [6.45, 7) is 7.64. The first-order valence-corrected chi connectivity index (χ1v) is 13.4. The molecule has 1 aliphatic heterocycles. The van der Waals surface area contributed by atoms with E-state index in [9.17, 15) is 4.79 Å². The lowest BCUT2D eigenvalue weighted by Crippen LogP contribution is -2.49. The van der Waals surface area contributed by atoms with Crippen LogP contribution in [0.4, 0.5) is 10.1 Å². The van der Waals surface area contributed by atoms with Crippen LogP contribution < -0.4 is 10.5 Å². The SMILES string of the molecule is CC(C)N1CCN(c2ccc(-c3nc4c(cnn4-c4ccccc4)c(=O)n3-c3ccc(Cl)cc3)cc2F)CC1. The second kappa shape index (κ2) is 10.3. The first kappa shape index (κ1) is 25.3. The molecule has 0 saturated carbocycles. The highest BCUT2D eigenvalue weighted by Crippen LogP contribution is 2.29. The lowest BCUT2D eigenvalue weighted by molar-refractivity contribution is 0.209. The van der Waals surface area contributed by atoms with Crippen molar-refractivity contribution in [3.8, 4) is 22.8 Å². The molecule has 1 saturated heterocycles. The summed E-state index contributed by atoms with van der Waals surface area (Å²) < 4.78 is 18.8. The molecule has 1 fully saturated rings. The van der Waals surface area contributed by atoms with Gasteiger partial charge in [-0.05, 0) is 68.4 Å². The molecule has 0 unspecified atom stereocenters. The molecule has 0 aliphatic carbocycles. The third kappa shape index (κ3) is 4.70. The van der Waals surface area contributed by atoms with Crippen LogP contribution in [0.3, 0.4) is 0 Å². The minimum absolute atomic E-state index is 0.297. The van der Waals surface area contributed by atoms with Crippen LogP contribution in [0.5, 0.6) is 0 Å². The monoisotopic (exact) mass is 542 g/mol. The molecule has 9 heteroatoms. The van der Waals surface area contributed by atoms with E-state index in [1.807, 2.05) is 36.4 Å². The first-order chi connectivity index (χ1) is 18.9. The smallest absolute Gasteiger partial charge is 0.269 e. The van der Waals surface area contributed by atoms with Gasteiger partial charge in [-0.2, -0.15) is 5.10 Å². The molecule has 6 rings (SSSR count). The van der Waals surface area contributed by atoms with Crippen LogP contribution >= 0.6 is 11.6 Å². The van der Waals surface area contributed by atoms with Crippen molar-refractivity contribution in [1.82, 2.24) is 24.2 Å². The molecule has 3 heterocycles. The Hall–Kier alpha value is -4.01. The van der Waals surface area contributed by atoms with E-state index in [2.05, 4.69) is 28.7 Å². The standard InChI is InChI=1S/C30H28ClFN6O/c1-20(2)35-14-16-36(17-15-35)27-13-8-21(18-26(27)32)28-34-29-25(19-33-38(29)24-6-4-3-5-7-24)30(39)37(28)23-11-9-22(31)10-12-23/h3-13,18-20H,14-17H2,1-2H3. The number of hydrogen-bond acceptors (Lipinski definition) is 5. The van der Waals surface area contributed by atoms with Crippen molar-refractivity contribution in [2.45, 2.75) is 19.9 Å². The lowest BCUT2D eigenvalue weighted by atomic mass is 10.1. The van der Waals surface area contributed by atoms with Crippen molar-refractivity contribution in [3.05, 3.63) is 100 Å². The van der Waals surface area contributed by atoms with E-state index in [0.29, 0.717) is 44.9 Å². The quantitative estimate of drug-likeness (QED) is 0.291. The van der Waals surface area contributed by atoms with E-state index in [1.165, 1.54) is 16.8 Å². The van der Waals surface area contributed by atoms with Crippen molar-refractivity contribution in [1.29, 1.82) is 0 Å². The van der Waals surface area contributed by atoms with Gasteiger partial charge in [0.2, 0.25) is 0 Å². The Morgan fingerprint density at radius 1 is 0.897 bits per heavy atom. The average molecular weight is 543 g/mol. The van der Waals surface area contributed by atoms with Crippen molar-refractivity contribution in [3.63, 3.8) is 0 Å². The number of para-hydroxylation sites is 1. The maximum atomic E-state index is 15.7. The van der Waals surface area contributed by atoms with Gasteiger partial charge in [-0.3, -0.25) is 14.3 Å². The van der Waals surface area contributed by atoms with Gasteiger partial charge in [-0.25, -0.2) is 14.1 Å². The fraction of sp³-hybridized carbons (Fsp3) is 0.233. The number of anilines is 1. The maximum absolute atomic E-state index is 15.7. The van der Waals surface area contributed by atoms with Gasteiger partial charge in [0.15, 0.2) is 5.65 Å². The number of aromatic nitrogens is 4. The van der Waals surface area contributed by atoms with E-state index in [4.69, 9.17) is 16.6 Å². The predicted octanol–water partition coefficient (Wildman–Crippen LogP) is 5.56. The maximum Gasteiger partial charge on any atom is 0.269 e. The number of piperazine rings is 1. The molecule has 0 N–H and O–H groups in total. The zero-order valence-electron chi connectivity index (χ0n) is 21.8. The Bertz CT molecular complexity index is 1690. The van der Waals surface area contributed by atoms with Gasteiger partial charge >= 0.3 is 0 Å². The van der Waals surface area contributed by atoms with Crippen molar-refractivity contribution >= 4 is 28.3 Å². The largest absolute Gasteiger partial charge is 0.367 e. The highest BCUT2D eigenvalue weighted by atomic mass is 35.5. The summed E-state index contributed by atoms with van der Waals surface area (Å²) >= 11 is 6.13. The van der Waals surface area contributed by atoms with E-state index < -0.39 is 0 Å². The van der Waals surface area contributed by atoms with Crippen LogP contribution in [-0.2, 0) is 0 Å². The summed E-state index contributed by atoms with van der Waals surface area (Å²) in [6.07, 6.45) is 1.52. The molecule has 0 bridgehead atoms. The minimum atomic E-state index is -0.348. The highest BCUT2D eigenvalue weighted by Gasteiger charge is 2.23. The molecular formula is C30H28ClFN6O. The number of hydrogen-bond donors (Lipinski definition) is 0. The van der Waals surface area contributed by atoms with Gasteiger partial charge in [-0.15, -0.1) is 0 Å².